The van der Waals surface area contributed by atoms with Crippen LogP contribution in [0.1, 0.15) is 44.6 Å². The van der Waals surface area contributed by atoms with Crippen LogP contribution >= 0.6 is 23.2 Å². The molecule has 1 saturated carbocycles. The number of benzene rings is 1. The van der Waals surface area contributed by atoms with Crippen molar-refractivity contribution in [1.82, 2.24) is 0 Å². The minimum atomic E-state index is -0.163. The summed E-state index contributed by atoms with van der Waals surface area (Å²) in [5.41, 5.74) is 0.685. The molecule has 0 bridgehead atoms. The molecule has 0 heterocycles. The van der Waals surface area contributed by atoms with Gasteiger partial charge in [0.2, 0.25) is 0 Å². The number of carbonyl (C=O) groups is 1. The van der Waals surface area contributed by atoms with Gasteiger partial charge in [-0.15, -0.1) is 0 Å². The van der Waals surface area contributed by atoms with Crippen LogP contribution in [0.2, 0.25) is 10.0 Å². The van der Waals surface area contributed by atoms with Crippen LogP contribution in [0.4, 0.5) is 0 Å². The van der Waals surface area contributed by atoms with Crippen LogP contribution in [0.15, 0.2) is 18.2 Å². The highest BCUT2D eigenvalue weighted by Crippen LogP contribution is 2.38. The third-order valence-corrected chi connectivity index (χ3v) is 4.87. The minimum absolute atomic E-state index is 0.163. The molecule has 1 aliphatic rings. The molecule has 1 fully saturated rings. The number of halogens is 2. The fraction of sp³-hybridized carbons (Fsp3) is 0.533. The maximum Gasteiger partial charge on any atom is 0.143 e. The molecule has 0 aliphatic heterocycles. The predicted molar refractivity (Wildman–Crippen MR) is 76.4 cm³/mol. The monoisotopic (exact) mass is 284 g/mol. The van der Waals surface area contributed by atoms with E-state index in [0.29, 0.717) is 22.2 Å². The summed E-state index contributed by atoms with van der Waals surface area (Å²) in [6.07, 6.45) is 5.97. The summed E-state index contributed by atoms with van der Waals surface area (Å²) in [7, 11) is 0. The van der Waals surface area contributed by atoms with Crippen molar-refractivity contribution in [2.75, 3.05) is 0 Å². The van der Waals surface area contributed by atoms with Gasteiger partial charge in [-0.25, -0.2) is 0 Å². The molecule has 0 saturated heterocycles. The van der Waals surface area contributed by atoms with Crippen LogP contribution in [0, 0.1) is 5.41 Å². The van der Waals surface area contributed by atoms with Gasteiger partial charge in [-0.1, -0.05) is 61.5 Å². The summed E-state index contributed by atoms with van der Waals surface area (Å²) in [5.74, 6) is 0.298. The smallest absolute Gasteiger partial charge is 0.143 e. The largest absolute Gasteiger partial charge is 0.299 e. The van der Waals surface area contributed by atoms with Gasteiger partial charge in [0.15, 0.2) is 0 Å². The average molecular weight is 285 g/mol. The topological polar surface area (TPSA) is 17.1 Å². The SMILES string of the molecule is CC1(C(=O)Cc2cccc(Cl)c2Cl)CCCCC1. The Hall–Kier alpha value is -0.530. The maximum absolute atomic E-state index is 12.5. The Morgan fingerprint density at radius 2 is 1.89 bits per heavy atom. The molecule has 3 heteroatoms. The van der Waals surface area contributed by atoms with Gasteiger partial charge < -0.3 is 0 Å². The maximum atomic E-state index is 12.5. The molecule has 1 aliphatic carbocycles. The molecule has 0 spiro atoms. The van der Waals surface area contributed by atoms with Crippen molar-refractivity contribution < 1.29 is 4.79 Å². The molecule has 0 unspecified atom stereocenters. The molecule has 98 valence electrons. The third kappa shape index (κ3) is 2.89. The summed E-state index contributed by atoms with van der Waals surface area (Å²) in [6, 6.07) is 5.48. The first kappa shape index (κ1) is 13.9. The molecule has 1 nitrogen and oxygen atoms in total. The lowest BCUT2D eigenvalue weighted by molar-refractivity contribution is -0.128. The highest BCUT2D eigenvalue weighted by molar-refractivity contribution is 6.42. The van der Waals surface area contributed by atoms with Crippen LogP contribution in [-0.4, -0.2) is 5.78 Å². The lowest BCUT2D eigenvalue weighted by Gasteiger charge is -2.32. The molecule has 0 amide bonds. The second kappa shape index (κ2) is 5.63. The van der Waals surface area contributed by atoms with E-state index in [1.165, 1.54) is 6.42 Å². The van der Waals surface area contributed by atoms with Crippen LogP contribution in [0.25, 0.3) is 0 Å². The predicted octanol–water partition coefficient (Wildman–Crippen LogP) is 5.08. The molecule has 1 aromatic rings. The Morgan fingerprint density at radius 1 is 1.22 bits per heavy atom. The zero-order chi connectivity index (χ0) is 13.2. The molecule has 2 rings (SSSR count). The summed E-state index contributed by atoms with van der Waals surface area (Å²) in [5, 5.41) is 1.04. The minimum Gasteiger partial charge on any atom is -0.299 e. The highest BCUT2D eigenvalue weighted by Gasteiger charge is 2.34. The standard InChI is InChI=1S/C15H18Cl2O/c1-15(8-3-2-4-9-15)13(18)10-11-6-5-7-12(16)14(11)17/h5-7H,2-4,8-10H2,1H3. The van der Waals surface area contributed by atoms with Crippen molar-refractivity contribution in [2.45, 2.75) is 45.4 Å². The Labute approximate surface area is 118 Å². The van der Waals surface area contributed by atoms with E-state index < -0.39 is 0 Å². The number of hydrogen-bond donors (Lipinski definition) is 0. The number of carbonyl (C=O) groups excluding carboxylic acids is 1. The van der Waals surface area contributed by atoms with E-state index in [2.05, 4.69) is 6.92 Å². The second-order valence-corrected chi connectivity index (χ2v) is 6.22. The Morgan fingerprint density at radius 3 is 2.56 bits per heavy atom. The van der Waals surface area contributed by atoms with Crippen LogP contribution in [-0.2, 0) is 11.2 Å². The van der Waals surface area contributed by atoms with E-state index in [0.717, 1.165) is 31.2 Å². The van der Waals surface area contributed by atoms with E-state index in [1.807, 2.05) is 12.1 Å². The number of hydrogen-bond acceptors (Lipinski definition) is 1. The number of Topliss-reactive ketones (excluding diaryl/α,β-unsaturated/α-hetero) is 1. The van der Waals surface area contributed by atoms with E-state index in [1.54, 1.807) is 6.07 Å². The normalized spacial score (nSPS) is 18.6. The van der Waals surface area contributed by atoms with Crippen molar-refractivity contribution in [1.29, 1.82) is 0 Å². The zero-order valence-electron chi connectivity index (χ0n) is 10.6. The van der Waals surface area contributed by atoms with Gasteiger partial charge in [-0.05, 0) is 24.5 Å². The Balaban J connectivity index is 2.13. The molecule has 0 aromatic heterocycles. The Kier molecular flexibility index (Phi) is 4.34. The van der Waals surface area contributed by atoms with Crippen LogP contribution in [0.5, 0.6) is 0 Å². The number of rotatable bonds is 3. The van der Waals surface area contributed by atoms with Crippen molar-refractivity contribution in [2.24, 2.45) is 5.41 Å². The summed E-state index contributed by atoms with van der Waals surface area (Å²) in [4.78, 5) is 12.5. The van der Waals surface area contributed by atoms with Gasteiger partial charge in [0.25, 0.3) is 0 Å². The quantitative estimate of drug-likeness (QED) is 0.757. The van der Waals surface area contributed by atoms with Crippen LogP contribution in [0.3, 0.4) is 0 Å². The van der Waals surface area contributed by atoms with Crippen molar-refractivity contribution >= 4 is 29.0 Å². The molecule has 0 radical (unpaired) electrons. The molecule has 1 aromatic carbocycles. The lowest BCUT2D eigenvalue weighted by Crippen LogP contribution is -2.31. The first-order chi connectivity index (χ1) is 8.53. The van der Waals surface area contributed by atoms with E-state index in [9.17, 15) is 4.79 Å². The Bertz CT molecular complexity index is 448. The number of ketones is 1. The van der Waals surface area contributed by atoms with E-state index in [4.69, 9.17) is 23.2 Å². The summed E-state index contributed by atoms with van der Waals surface area (Å²) in [6.45, 7) is 2.09. The van der Waals surface area contributed by atoms with Crippen molar-refractivity contribution in [3.05, 3.63) is 33.8 Å². The molecule has 0 atom stereocenters. The van der Waals surface area contributed by atoms with Crippen LogP contribution < -0.4 is 0 Å². The lowest BCUT2D eigenvalue weighted by atomic mass is 9.71. The fourth-order valence-electron chi connectivity index (χ4n) is 2.68. The van der Waals surface area contributed by atoms with Gasteiger partial charge >= 0.3 is 0 Å². The molecule has 0 N–H and O–H groups in total. The molecule has 18 heavy (non-hydrogen) atoms. The van der Waals surface area contributed by atoms with E-state index >= 15 is 0 Å². The zero-order valence-corrected chi connectivity index (χ0v) is 12.2. The first-order valence-corrected chi connectivity index (χ1v) is 7.25. The second-order valence-electron chi connectivity index (χ2n) is 5.43. The van der Waals surface area contributed by atoms with Gasteiger partial charge in [-0.3, -0.25) is 4.79 Å². The summed E-state index contributed by atoms with van der Waals surface area (Å²) >= 11 is 12.1. The first-order valence-electron chi connectivity index (χ1n) is 6.49. The van der Waals surface area contributed by atoms with Gasteiger partial charge in [0.1, 0.15) is 5.78 Å². The molecular formula is C15H18Cl2O. The fourth-order valence-corrected chi connectivity index (χ4v) is 3.07. The highest BCUT2D eigenvalue weighted by atomic mass is 35.5. The van der Waals surface area contributed by atoms with Crippen molar-refractivity contribution in [3.8, 4) is 0 Å². The average Bonchev–Trinajstić information content (AvgIpc) is 2.36. The van der Waals surface area contributed by atoms with E-state index in [-0.39, 0.29) is 5.41 Å². The van der Waals surface area contributed by atoms with Gasteiger partial charge in [-0.2, -0.15) is 0 Å². The third-order valence-electron chi connectivity index (χ3n) is 4.01. The van der Waals surface area contributed by atoms with Crippen molar-refractivity contribution in [3.63, 3.8) is 0 Å². The van der Waals surface area contributed by atoms with Gasteiger partial charge in [0.05, 0.1) is 10.0 Å². The van der Waals surface area contributed by atoms with Gasteiger partial charge in [0, 0.05) is 11.8 Å². The molecular weight excluding hydrogens is 267 g/mol. The summed E-state index contributed by atoms with van der Waals surface area (Å²) < 4.78 is 0.